The molecule has 1 atom stereocenters. The summed E-state index contributed by atoms with van der Waals surface area (Å²) >= 11 is 0. The predicted molar refractivity (Wildman–Crippen MR) is 104 cm³/mol. The Morgan fingerprint density at radius 3 is 2.42 bits per heavy atom. The number of likely N-dealkylation sites (tertiary alicyclic amines) is 1. The van der Waals surface area contributed by atoms with Gasteiger partial charge in [0.05, 0.1) is 11.0 Å². The second kappa shape index (κ2) is 6.27. The second-order valence-electron chi connectivity index (χ2n) is 8.11. The van der Waals surface area contributed by atoms with Gasteiger partial charge < -0.3 is 9.47 Å². The molecule has 1 fully saturated rings. The van der Waals surface area contributed by atoms with Gasteiger partial charge in [-0.1, -0.05) is 42.5 Å². The van der Waals surface area contributed by atoms with Crippen molar-refractivity contribution in [3.8, 4) is 0 Å². The van der Waals surface area contributed by atoms with Crippen LogP contribution in [-0.4, -0.2) is 32.4 Å². The summed E-state index contributed by atoms with van der Waals surface area (Å²) in [6.45, 7) is 7.80. The first kappa shape index (κ1) is 16.8. The summed E-state index contributed by atoms with van der Waals surface area (Å²) in [6.07, 6.45) is 0.537. The molecule has 134 valence electrons. The zero-order chi connectivity index (χ0) is 18.3. The molecule has 2 aromatic carbocycles. The Hall–Kier alpha value is -2.62. The maximum atomic E-state index is 12.6. The monoisotopic (exact) mass is 347 g/mol. The van der Waals surface area contributed by atoms with Gasteiger partial charge in [0.15, 0.2) is 0 Å². The number of imidazole rings is 1. The normalized spacial score (nSPS) is 18.0. The first-order chi connectivity index (χ1) is 12.4. The molecule has 3 aromatic rings. The van der Waals surface area contributed by atoms with Gasteiger partial charge in [-0.25, -0.2) is 4.98 Å². The fourth-order valence-corrected chi connectivity index (χ4v) is 3.87. The Kier molecular flexibility index (Phi) is 4.06. The van der Waals surface area contributed by atoms with Crippen LogP contribution in [0.4, 0.5) is 0 Å². The van der Waals surface area contributed by atoms with Crippen LogP contribution < -0.4 is 0 Å². The lowest BCUT2D eigenvalue weighted by Crippen LogP contribution is -2.42. The van der Waals surface area contributed by atoms with Gasteiger partial charge in [-0.3, -0.25) is 4.79 Å². The quantitative estimate of drug-likeness (QED) is 0.712. The van der Waals surface area contributed by atoms with E-state index in [4.69, 9.17) is 4.98 Å². The molecule has 0 aliphatic carbocycles. The van der Waals surface area contributed by atoms with Gasteiger partial charge in [0.1, 0.15) is 5.82 Å². The molecule has 0 N–H and O–H groups in total. The molecule has 1 aliphatic rings. The van der Waals surface area contributed by atoms with Crippen molar-refractivity contribution >= 4 is 16.9 Å². The van der Waals surface area contributed by atoms with Crippen molar-refractivity contribution in [3.05, 3.63) is 66.0 Å². The summed E-state index contributed by atoms with van der Waals surface area (Å²) in [5.74, 6) is 1.38. The minimum absolute atomic E-state index is 0.137. The molecule has 4 nitrogen and oxygen atoms in total. The smallest absolute Gasteiger partial charge is 0.223 e. The molecular weight excluding hydrogens is 322 g/mol. The predicted octanol–water partition coefficient (Wildman–Crippen LogP) is 4.20. The highest BCUT2D eigenvalue weighted by molar-refractivity contribution is 5.81. The first-order valence-electron chi connectivity index (χ1n) is 9.23. The van der Waals surface area contributed by atoms with Gasteiger partial charge in [0, 0.05) is 31.0 Å². The van der Waals surface area contributed by atoms with Crippen LogP contribution >= 0.6 is 0 Å². The molecule has 0 unspecified atom stereocenters. The molecule has 4 heteroatoms. The molecule has 1 aliphatic heterocycles. The molecule has 0 bridgehead atoms. The maximum absolute atomic E-state index is 12.6. The van der Waals surface area contributed by atoms with Crippen LogP contribution in [0.5, 0.6) is 0 Å². The van der Waals surface area contributed by atoms with E-state index in [1.165, 1.54) is 5.56 Å². The van der Waals surface area contributed by atoms with Gasteiger partial charge in [-0.05, 0) is 38.5 Å². The van der Waals surface area contributed by atoms with E-state index in [-0.39, 0.29) is 17.4 Å². The minimum Gasteiger partial charge on any atom is -0.337 e. The van der Waals surface area contributed by atoms with Crippen LogP contribution in [0.1, 0.15) is 44.5 Å². The zero-order valence-corrected chi connectivity index (χ0v) is 15.6. The van der Waals surface area contributed by atoms with E-state index in [1.54, 1.807) is 0 Å². The lowest BCUT2D eigenvalue weighted by atomic mass is 10.1. The Balaban J connectivity index is 1.76. The van der Waals surface area contributed by atoms with Crippen molar-refractivity contribution in [1.29, 1.82) is 0 Å². The van der Waals surface area contributed by atoms with Gasteiger partial charge in [-0.15, -0.1) is 0 Å². The summed E-state index contributed by atoms with van der Waals surface area (Å²) in [4.78, 5) is 19.5. The van der Waals surface area contributed by atoms with E-state index in [0.717, 1.165) is 29.9 Å². The number of hydrogen-bond donors (Lipinski definition) is 0. The fraction of sp³-hybridized carbons (Fsp3) is 0.364. The first-order valence-corrected chi connectivity index (χ1v) is 9.23. The van der Waals surface area contributed by atoms with Crippen LogP contribution in [0.3, 0.4) is 0 Å². The van der Waals surface area contributed by atoms with Crippen molar-refractivity contribution in [3.63, 3.8) is 0 Å². The van der Waals surface area contributed by atoms with E-state index >= 15 is 0 Å². The number of amides is 1. The highest BCUT2D eigenvalue weighted by Gasteiger charge is 2.38. The number of carbonyl (C=O) groups is 1. The summed E-state index contributed by atoms with van der Waals surface area (Å²) in [5.41, 5.74) is 3.23. The molecule has 0 spiro atoms. The van der Waals surface area contributed by atoms with E-state index in [9.17, 15) is 4.79 Å². The third-order valence-corrected chi connectivity index (χ3v) is 5.17. The molecule has 0 radical (unpaired) electrons. The van der Waals surface area contributed by atoms with E-state index in [1.807, 2.05) is 17.0 Å². The number of hydrogen-bond acceptors (Lipinski definition) is 2. The SMILES string of the molecule is CC(C)(C)N1C[C@@H](c2nc3ccccc3n2Cc2ccccc2)CC1=O. The molecule has 1 amide bonds. The van der Waals surface area contributed by atoms with Gasteiger partial charge >= 0.3 is 0 Å². The number of para-hydroxylation sites is 2. The third-order valence-electron chi connectivity index (χ3n) is 5.17. The van der Waals surface area contributed by atoms with Crippen molar-refractivity contribution in [2.24, 2.45) is 0 Å². The molecule has 2 heterocycles. The lowest BCUT2D eigenvalue weighted by molar-refractivity contribution is -0.131. The molecule has 4 rings (SSSR count). The maximum Gasteiger partial charge on any atom is 0.223 e. The van der Waals surface area contributed by atoms with Crippen LogP contribution in [0, 0.1) is 0 Å². The largest absolute Gasteiger partial charge is 0.337 e. The van der Waals surface area contributed by atoms with Crippen molar-refractivity contribution in [2.45, 2.75) is 45.2 Å². The Morgan fingerprint density at radius 1 is 1.04 bits per heavy atom. The number of rotatable bonds is 3. The summed E-state index contributed by atoms with van der Waals surface area (Å²) in [6, 6.07) is 18.7. The van der Waals surface area contributed by atoms with Crippen molar-refractivity contribution < 1.29 is 4.79 Å². The Morgan fingerprint density at radius 2 is 1.73 bits per heavy atom. The lowest BCUT2D eigenvalue weighted by Gasteiger charge is -2.32. The summed E-state index contributed by atoms with van der Waals surface area (Å²) in [7, 11) is 0. The Labute approximate surface area is 154 Å². The van der Waals surface area contributed by atoms with Crippen molar-refractivity contribution in [2.75, 3.05) is 6.54 Å². The third kappa shape index (κ3) is 3.00. The van der Waals surface area contributed by atoms with E-state index in [0.29, 0.717) is 6.42 Å². The molecule has 1 aromatic heterocycles. The number of carbonyl (C=O) groups excluding carboxylic acids is 1. The average Bonchev–Trinajstić information content (AvgIpc) is 3.17. The molecule has 26 heavy (non-hydrogen) atoms. The van der Waals surface area contributed by atoms with Crippen molar-refractivity contribution in [1.82, 2.24) is 14.5 Å². The van der Waals surface area contributed by atoms with E-state index < -0.39 is 0 Å². The van der Waals surface area contributed by atoms with E-state index in [2.05, 4.69) is 67.8 Å². The fourth-order valence-electron chi connectivity index (χ4n) is 3.87. The van der Waals surface area contributed by atoms with Gasteiger partial charge in [0.2, 0.25) is 5.91 Å². The van der Waals surface area contributed by atoms with Crippen LogP contribution in [0.25, 0.3) is 11.0 Å². The number of fused-ring (bicyclic) bond motifs is 1. The molecular formula is C22H25N3O. The molecule has 0 saturated carbocycles. The topological polar surface area (TPSA) is 38.1 Å². The highest BCUT2D eigenvalue weighted by atomic mass is 16.2. The number of benzene rings is 2. The van der Waals surface area contributed by atoms with Gasteiger partial charge in [0.25, 0.3) is 0 Å². The highest BCUT2D eigenvalue weighted by Crippen LogP contribution is 2.34. The van der Waals surface area contributed by atoms with Crippen LogP contribution in [0.15, 0.2) is 54.6 Å². The standard InChI is InChI=1S/C22H25N3O/c1-22(2,3)25-15-17(13-20(25)26)21-23-18-11-7-8-12-19(18)24(21)14-16-9-5-4-6-10-16/h4-12,17H,13-15H2,1-3H3/t17-/m0/s1. The average molecular weight is 347 g/mol. The Bertz CT molecular complexity index is 937. The zero-order valence-electron chi connectivity index (χ0n) is 15.6. The summed E-state index contributed by atoms with van der Waals surface area (Å²) in [5, 5.41) is 0. The van der Waals surface area contributed by atoms with Gasteiger partial charge in [-0.2, -0.15) is 0 Å². The molecule has 1 saturated heterocycles. The van der Waals surface area contributed by atoms with Crippen LogP contribution in [0.2, 0.25) is 0 Å². The van der Waals surface area contributed by atoms with Crippen LogP contribution in [-0.2, 0) is 11.3 Å². The minimum atomic E-state index is -0.151. The number of aromatic nitrogens is 2. The summed E-state index contributed by atoms with van der Waals surface area (Å²) < 4.78 is 2.29. The number of nitrogens with zero attached hydrogens (tertiary/aromatic N) is 3. The second-order valence-corrected chi connectivity index (χ2v) is 8.11.